The maximum absolute atomic E-state index is 14.0. The van der Waals surface area contributed by atoms with Gasteiger partial charge in [-0.05, 0) is 47.5 Å². The molecule has 0 saturated heterocycles. The van der Waals surface area contributed by atoms with Crippen LogP contribution >= 0.6 is 0 Å². The van der Waals surface area contributed by atoms with Crippen LogP contribution < -0.4 is 10.1 Å². The Labute approximate surface area is 213 Å². The van der Waals surface area contributed by atoms with Gasteiger partial charge >= 0.3 is 24.5 Å². The van der Waals surface area contributed by atoms with Gasteiger partial charge in [0.2, 0.25) is 0 Å². The summed E-state index contributed by atoms with van der Waals surface area (Å²) in [5.74, 6) is -5.66. The minimum atomic E-state index is -5.96. The molecule has 39 heavy (non-hydrogen) atoms. The molecule has 2 atom stereocenters. The van der Waals surface area contributed by atoms with Gasteiger partial charge in [0.05, 0.1) is 11.6 Å². The van der Waals surface area contributed by atoms with Crippen LogP contribution in [-0.2, 0) is 12.1 Å². The Morgan fingerprint density at radius 3 is 1.74 bits per heavy atom. The number of nitrogens with one attached hydrogen (secondary N) is 1. The van der Waals surface area contributed by atoms with Crippen molar-refractivity contribution in [3.63, 3.8) is 0 Å². The Morgan fingerprint density at radius 1 is 0.667 bits per heavy atom. The molecule has 2 N–H and O–H groups in total. The molecule has 1 unspecified atom stereocenters. The standard InChI is InChI=1S/C25H18F11NO2/c26-22(27,25(34,35)36)16-6-1-4-14(10-16)21(37-13-20(38)24(31,32)33)15-5-2-8-18(11-15)39-19-9-3-7-17(12-19)23(28,29)30/h1-12,20-21,37-38H,13H2/t20-,21?/m1/s1. The van der Waals surface area contributed by atoms with E-state index in [1.165, 1.54) is 24.3 Å². The van der Waals surface area contributed by atoms with Crippen LogP contribution in [0.3, 0.4) is 0 Å². The van der Waals surface area contributed by atoms with Gasteiger partial charge in [0.1, 0.15) is 11.5 Å². The van der Waals surface area contributed by atoms with Gasteiger partial charge in [0.25, 0.3) is 0 Å². The average molecular weight is 573 g/mol. The summed E-state index contributed by atoms with van der Waals surface area (Å²) in [5, 5.41) is 11.7. The van der Waals surface area contributed by atoms with Crippen molar-refractivity contribution in [1.82, 2.24) is 5.32 Å². The third kappa shape index (κ3) is 7.38. The van der Waals surface area contributed by atoms with Crippen molar-refractivity contribution in [3.05, 3.63) is 95.1 Å². The minimum Gasteiger partial charge on any atom is -0.457 e. The molecule has 0 aliphatic carbocycles. The van der Waals surface area contributed by atoms with Crippen molar-refractivity contribution in [2.24, 2.45) is 0 Å². The van der Waals surface area contributed by atoms with Crippen molar-refractivity contribution in [2.75, 3.05) is 6.54 Å². The number of alkyl halides is 11. The Hall–Kier alpha value is -3.39. The van der Waals surface area contributed by atoms with E-state index in [0.717, 1.165) is 30.3 Å². The van der Waals surface area contributed by atoms with E-state index < -0.39 is 54.3 Å². The predicted octanol–water partition coefficient (Wildman–Crippen LogP) is 7.75. The van der Waals surface area contributed by atoms with Gasteiger partial charge in [-0.3, -0.25) is 0 Å². The number of hydrogen-bond donors (Lipinski definition) is 2. The van der Waals surface area contributed by atoms with Crippen molar-refractivity contribution < 1.29 is 58.1 Å². The number of rotatable bonds is 8. The van der Waals surface area contributed by atoms with Gasteiger partial charge in [-0.1, -0.05) is 36.4 Å². The number of benzene rings is 3. The lowest BCUT2D eigenvalue weighted by Crippen LogP contribution is -2.40. The Morgan fingerprint density at radius 2 is 1.18 bits per heavy atom. The summed E-state index contributed by atoms with van der Waals surface area (Å²) in [6, 6.07) is 10.1. The molecule has 14 heteroatoms. The Balaban J connectivity index is 2.01. The van der Waals surface area contributed by atoms with Crippen LogP contribution in [0.25, 0.3) is 0 Å². The molecule has 0 fully saturated rings. The third-order valence-corrected chi connectivity index (χ3v) is 5.42. The highest BCUT2D eigenvalue weighted by Crippen LogP contribution is 2.44. The van der Waals surface area contributed by atoms with E-state index in [1.54, 1.807) is 0 Å². The molecule has 3 rings (SSSR count). The summed E-state index contributed by atoms with van der Waals surface area (Å²) in [6.07, 6.45) is -18.6. The quantitative estimate of drug-likeness (QED) is 0.271. The van der Waals surface area contributed by atoms with E-state index in [2.05, 4.69) is 5.32 Å². The van der Waals surface area contributed by atoms with Crippen LogP contribution in [0.2, 0.25) is 0 Å². The average Bonchev–Trinajstić information content (AvgIpc) is 2.83. The fourth-order valence-electron chi connectivity index (χ4n) is 3.48. The molecule has 0 heterocycles. The normalized spacial score (nSPS) is 14.7. The first kappa shape index (κ1) is 30.2. The van der Waals surface area contributed by atoms with Gasteiger partial charge in [-0.25, -0.2) is 0 Å². The summed E-state index contributed by atoms with van der Waals surface area (Å²) in [7, 11) is 0. The molecule has 3 aromatic rings. The minimum absolute atomic E-state index is 0.0127. The molecule has 0 radical (unpaired) electrons. The second kappa shape index (κ2) is 11.0. The molecule has 212 valence electrons. The number of hydrogen-bond acceptors (Lipinski definition) is 3. The summed E-state index contributed by atoms with van der Waals surface area (Å²) < 4.78 is 150. The summed E-state index contributed by atoms with van der Waals surface area (Å²) in [4.78, 5) is 0. The highest BCUT2D eigenvalue weighted by atomic mass is 19.4. The first-order valence-corrected chi connectivity index (χ1v) is 10.9. The predicted molar refractivity (Wildman–Crippen MR) is 116 cm³/mol. The topological polar surface area (TPSA) is 41.5 Å². The van der Waals surface area contributed by atoms with Crippen molar-refractivity contribution >= 4 is 0 Å². The highest BCUT2D eigenvalue weighted by Gasteiger charge is 2.58. The molecule has 0 bridgehead atoms. The van der Waals surface area contributed by atoms with Crippen LogP contribution in [0.15, 0.2) is 72.8 Å². The maximum Gasteiger partial charge on any atom is 0.458 e. The monoisotopic (exact) mass is 573 g/mol. The highest BCUT2D eigenvalue weighted by molar-refractivity contribution is 5.41. The van der Waals surface area contributed by atoms with E-state index in [0.29, 0.717) is 18.2 Å². The lowest BCUT2D eigenvalue weighted by atomic mass is 9.95. The number of ether oxygens (including phenoxy) is 1. The van der Waals surface area contributed by atoms with Crippen LogP contribution in [0.4, 0.5) is 48.3 Å². The smallest absolute Gasteiger partial charge is 0.457 e. The van der Waals surface area contributed by atoms with E-state index in [-0.39, 0.29) is 22.6 Å². The van der Waals surface area contributed by atoms with Crippen molar-refractivity contribution in [1.29, 1.82) is 0 Å². The zero-order valence-electron chi connectivity index (χ0n) is 19.3. The number of halogens is 11. The van der Waals surface area contributed by atoms with Crippen LogP contribution in [0.5, 0.6) is 11.5 Å². The van der Waals surface area contributed by atoms with Crippen LogP contribution in [-0.4, -0.2) is 30.1 Å². The van der Waals surface area contributed by atoms with Gasteiger partial charge in [-0.15, -0.1) is 0 Å². The first-order valence-electron chi connectivity index (χ1n) is 10.9. The number of aliphatic hydroxyl groups is 1. The molecule has 0 saturated carbocycles. The zero-order valence-corrected chi connectivity index (χ0v) is 19.3. The molecule has 3 aromatic carbocycles. The lowest BCUT2D eigenvalue weighted by Gasteiger charge is -2.25. The first-order chi connectivity index (χ1) is 17.9. The van der Waals surface area contributed by atoms with Crippen molar-refractivity contribution in [3.8, 4) is 11.5 Å². The Kier molecular flexibility index (Phi) is 8.51. The third-order valence-electron chi connectivity index (χ3n) is 5.42. The Bertz CT molecular complexity index is 1270. The second-order valence-electron chi connectivity index (χ2n) is 8.30. The SMILES string of the molecule is O[C@H](CNC(c1cccc(Oc2cccc(C(F)(F)F)c2)c1)c1cccc(C(F)(F)C(F)(F)F)c1)C(F)(F)F. The summed E-state index contributed by atoms with van der Waals surface area (Å²) in [5.41, 5.74) is -2.84. The van der Waals surface area contributed by atoms with Crippen LogP contribution in [0, 0.1) is 0 Å². The fraction of sp³-hybridized carbons (Fsp3) is 0.280. The van der Waals surface area contributed by atoms with E-state index in [4.69, 9.17) is 4.74 Å². The van der Waals surface area contributed by atoms with Gasteiger partial charge in [0.15, 0.2) is 6.10 Å². The molecule has 0 amide bonds. The fourth-order valence-corrected chi connectivity index (χ4v) is 3.48. The van der Waals surface area contributed by atoms with E-state index >= 15 is 0 Å². The maximum atomic E-state index is 14.0. The number of aliphatic hydroxyl groups excluding tert-OH is 1. The molecule has 0 aliphatic heterocycles. The molecule has 0 aromatic heterocycles. The zero-order chi connectivity index (χ0) is 29.2. The molecular weight excluding hydrogens is 555 g/mol. The molecule has 3 nitrogen and oxygen atoms in total. The van der Waals surface area contributed by atoms with Gasteiger partial charge < -0.3 is 15.2 Å². The summed E-state index contributed by atoms with van der Waals surface area (Å²) >= 11 is 0. The molecule has 0 aliphatic rings. The van der Waals surface area contributed by atoms with E-state index in [9.17, 15) is 53.4 Å². The summed E-state index contributed by atoms with van der Waals surface area (Å²) in [6.45, 7) is -1.17. The van der Waals surface area contributed by atoms with Gasteiger partial charge in [0, 0.05) is 12.1 Å². The van der Waals surface area contributed by atoms with E-state index in [1.807, 2.05) is 0 Å². The largest absolute Gasteiger partial charge is 0.458 e. The molecule has 0 spiro atoms. The second-order valence-corrected chi connectivity index (χ2v) is 8.30. The van der Waals surface area contributed by atoms with Crippen LogP contribution in [0.1, 0.15) is 28.3 Å². The van der Waals surface area contributed by atoms with Crippen molar-refractivity contribution in [2.45, 2.75) is 36.6 Å². The lowest BCUT2D eigenvalue weighted by molar-refractivity contribution is -0.289. The van der Waals surface area contributed by atoms with Gasteiger partial charge in [-0.2, -0.15) is 48.3 Å². The molecular formula is C25H18F11NO2.